The van der Waals surface area contributed by atoms with E-state index in [0.29, 0.717) is 6.04 Å². The third-order valence-electron chi connectivity index (χ3n) is 4.41. The minimum absolute atomic E-state index is 0.662. The number of aromatic nitrogens is 2. The van der Waals surface area contributed by atoms with Crippen LogP contribution < -0.4 is 5.32 Å². The van der Waals surface area contributed by atoms with Gasteiger partial charge in [-0.25, -0.2) is 4.68 Å². The summed E-state index contributed by atoms with van der Waals surface area (Å²) < 4.78 is 1.95. The lowest BCUT2D eigenvalue weighted by atomic mass is 9.86. The van der Waals surface area contributed by atoms with Gasteiger partial charge >= 0.3 is 0 Å². The van der Waals surface area contributed by atoms with Crippen molar-refractivity contribution in [2.75, 3.05) is 0 Å². The Morgan fingerprint density at radius 1 is 1.20 bits per heavy atom. The third-order valence-corrected chi connectivity index (χ3v) is 4.41. The Balaban J connectivity index is 1.71. The molecule has 0 amide bonds. The fraction of sp³-hybridized carbons (Fsp3) is 0.471. The summed E-state index contributed by atoms with van der Waals surface area (Å²) in [4.78, 5) is 0. The van der Waals surface area contributed by atoms with Gasteiger partial charge in [0.1, 0.15) is 0 Å². The number of rotatable bonds is 4. The van der Waals surface area contributed by atoms with Gasteiger partial charge in [-0.15, -0.1) is 0 Å². The van der Waals surface area contributed by atoms with E-state index in [-0.39, 0.29) is 0 Å². The summed E-state index contributed by atoms with van der Waals surface area (Å²) in [7, 11) is 0. The van der Waals surface area contributed by atoms with Crippen LogP contribution in [-0.2, 0) is 6.54 Å². The highest BCUT2D eigenvalue weighted by Crippen LogP contribution is 2.24. The minimum atomic E-state index is 0.662. The van der Waals surface area contributed by atoms with Crippen molar-refractivity contribution < 1.29 is 0 Å². The molecule has 0 bridgehead atoms. The van der Waals surface area contributed by atoms with Crippen LogP contribution in [0.25, 0.3) is 5.69 Å². The number of para-hydroxylation sites is 1. The molecule has 1 aliphatic carbocycles. The molecule has 0 spiro atoms. The van der Waals surface area contributed by atoms with E-state index in [1.807, 2.05) is 23.1 Å². The molecule has 1 saturated carbocycles. The highest BCUT2D eigenvalue weighted by Gasteiger charge is 2.20. The van der Waals surface area contributed by atoms with E-state index < -0.39 is 0 Å². The third kappa shape index (κ3) is 2.93. The molecule has 1 heterocycles. The fourth-order valence-electron chi connectivity index (χ4n) is 3.16. The average Bonchev–Trinajstić information content (AvgIpc) is 3.01. The lowest BCUT2D eigenvalue weighted by molar-refractivity contribution is 0.279. The van der Waals surface area contributed by atoms with Gasteiger partial charge in [-0.3, -0.25) is 0 Å². The van der Waals surface area contributed by atoms with Crippen LogP contribution in [-0.4, -0.2) is 15.8 Å². The molecule has 1 N–H and O–H groups in total. The van der Waals surface area contributed by atoms with Crippen molar-refractivity contribution >= 4 is 0 Å². The summed E-state index contributed by atoms with van der Waals surface area (Å²) in [5, 5.41) is 8.09. The highest BCUT2D eigenvalue weighted by atomic mass is 15.3. The van der Waals surface area contributed by atoms with Gasteiger partial charge in [0.05, 0.1) is 5.69 Å². The summed E-state index contributed by atoms with van der Waals surface area (Å²) >= 11 is 0. The van der Waals surface area contributed by atoms with E-state index >= 15 is 0 Å². The van der Waals surface area contributed by atoms with Crippen molar-refractivity contribution in [1.82, 2.24) is 15.1 Å². The molecular weight excluding hydrogens is 246 g/mol. The van der Waals surface area contributed by atoms with Gasteiger partial charge < -0.3 is 5.32 Å². The van der Waals surface area contributed by atoms with Gasteiger partial charge in [-0.1, -0.05) is 38.0 Å². The van der Waals surface area contributed by atoms with Gasteiger partial charge in [0.2, 0.25) is 0 Å². The maximum atomic E-state index is 4.35. The number of hydrogen-bond donors (Lipinski definition) is 1. The first-order valence-electron chi connectivity index (χ1n) is 7.66. The quantitative estimate of drug-likeness (QED) is 0.920. The molecule has 2 atom stereocenters. The SMILES string of the molecule is CC1CCCCC1NCc1ccccc1-n1cccn1. The van der Waals surface area contributed by atoms with E-state index in [9.17, 15) is 0 Å². The van der Waals surface area contributed by atoms with Crippen LogP contribution in [0.4, 0.5) is 0 Å². The van der Waals surface area contributed by atoms with Gasteiger partial charge in [0.25, 0.3) is 0 Å². The standard InChI is InChI=1S/C17H23N3/c1-14-7-2-4-9-16(14)18-13-15-8-3-5-10-17(15)20-12-6-11-19-20/h3,5-6,8,10-12,14,16,18H,2,4,7,9,13H2,1H3. The van der Waals surface area contributed by atoms with E-state index in [0.717, 1.165) is 12.5 Å². The zero-order valence-corrected chi connectivity index (χ0v) is 12.1. The van der Waals surface area contributed by atoms with Gasteiger partial charge in [-0.2, -0.15) is 5.10 Å². The summed E-state index contributed by atoms with van der Waals surface area (Å²) in [6.45, 7) is 3.29. The molecule has 0 radical (unpaired) electrons. The number of nitrogens with zero attached hydrogens (tertiary/aromatic N) is 2. The Hall–Kier alpha value is -1.61. The molecule has 3 heteroatoms. The minimum Gasteiger partial charge on any atom is -0.310 e. The Kier molecular flexibility index (Phi) is 4.16. The van der Waals surface area contributed by atoms with Gasteiger partial charge in [0.15, 0.2) is 0 Å². The smallest absolute Gasteiger partial charge is 0.0690 e. The summed E-state index contributed by atoms with van der Waals surface area (Å²) in [5.74, 6) is 0.792. The first kappa shape index (κ1) is 13.4. The van der Waals surface area contributed by atoms with Crippen LogP contribution in [0.5, 0.6) is 0 Å². The van der Waals surface area contributed by atoms with Crippen molar-refractivity contribution in [3.05, 3.63) is 48.3 Å². The van der Waals surface area contributed by atoms with Gasteiger partial charge in [0, 0.05) is 25.0 Å². The molecule has 1 aromatic carbocycles. The maximum absolute atomic E-state index is 4.35. The Morgan fingerprint density at radius 3 is 2.85 bits per heavy atom. The Labute approximate surface area is 121 Å². The molecule has 3 rings (SSSR count). The van der Waals surface area contributed by atoms with Crippen molar-refractivity contribution in [2.24, 2.45) is 5.92 Å². The van der Waals surface area contributed by atoms with Gasteiger partial charge in [-0.05, 0) is 36.5 Å². The van der Waals surface area contributed by atoms with Crippen LogP contribution in [0.2, 0.25) is 0 Å². The lowest BCUT2D eigenvalue weighted by Crippen LogP contribution is -2.36. The molecule has 106 valence electrons. The number of benzene rings is 1. The second kappa shape index (κ2) is 6.23. The summed E-state index contributed by atoms with van der Waals surface area (Å²) in [6.07, 6.45) is 9.26. The molecule has 20 heavy (non-hydrogen) atoms. The Morgan fingerprint density at radius 2 is 2.05 bits per heavy atom. The largest absolute Gasteiger partial charge is 0.310 e. The average molecular weight is 269 g/mol. The predicted octanol–water partition coefficient (Wildman–Crippen LogP) is 3.54. The van der Waals surface area contributed by atoms with Crippen LogP contribution in [0.3, 0.4) is 0 Å². The zero-order valence-electron chi connectivity index (χ0n) is 12.1. The second-order valence-corrected chi connectivity index (χ2v) is 5.83. The van der Waals surface area contributed by atoms with Crippen molar-refractivity contribution in [3.8, 4) is 5.69 Å². The molecule has 2 unspecified atom stereocenters. The fourth-order valence-corrected chi connectivity index (χ4v) is 3.16. The van der Waals surface area contributed by atoms with E-state index in [1.165, 1.54) is 36.9 Å². The van der Waals surface area contributed by atoms with Crippen LogP contribution in [0.15, 0.2) is 42.7 Å². The molecule has 1 aliphatic rings. The Bertz CT molecular complexity index is 533. The maximum Gasteiger partial charge on any atom is 0.0690 e. The normalized spacial score (nSPS) is 22.9. The summed E-state index contributed by atoms with van der Waals surface area (Å²) in [5.41, 5.74) is 2.49. The number of nitrogens with one attached hydrogen (secondary N) is 1. The molecule has 0 aliphatic heterocycles. The van der Waals surface area contributed by atoms with Crippen LogP contribution in [0.1, 0.15) is 38.2 Å². The van der Waals surface area contributed by atoms with Crippen LogP contribution in [0, 0.1) is 5.92 Å². The van der Waals surface area contributed by atoms with E-state index in [1.54, 1.807) is 0 Å². The first-order valence-corrected chi connectivity index (χ1v) is 7.66. The van der Waals surface area contributed by atoms with Crippen molar-refractivity contribution in [2.45, 2.75) is 45.2 Å². The summed E-state index contributed by atoms with van der Waals surface area (Å²) in [6, 6.07) is 11.1. The zero-order chi connectivity index (χ0) is 13.8. The molecule has 3 nitrogen and oxygen atoms in total. The highest BCUT2D eigenvalue weighted by molar-refractivity contribution is 5.40. The monoisotopic (exact) mass is 269 g/mol. The second-order valence-electron chi connectivity index (χ2n) is 5.83. The molecule has 1 aromatic heterocycles. The van der Waals surface area contributed by atoms with E-state index in [4.69, 9.17) is 0 Å². The van der Waals surface area contributed by atoms with E-state index in [2.05, 4.69) is 41.6 Å². The topological polar surface area (TPSA) is 29.9 Å². The predicted molar refractivity (Wildman–Crippen MR) is 81.8 cm³/mol. The molecule has 2 aromatic rings. The molecule has 0 saturated heterocycles. The van der Waals surface area contributed by atoms with Crippen molar-refractivity contribution in [1.29, 1.82) is 0 Å². The molecular formula is C17H23N3. The van der Waals surface area contributed by atoms with Crippen LogP contribution >= 0.6 is 0 Å². The number of hydrogen-bond acceptors (Lipinski definition) is 2. The first-order chi connectivity index (χ1) is 9.84. The lowest BCUT2D eigenvalue weighted by Gasteiger charge is -2.30. The molecule has 1 fully saturated rings. The van der Waals surface area contributed by atoms with Crippen molar-refractivity contribution in [3.63, 3.8) is 0 Å².